The standard InChI is InChI=1S/C14H19F3N4O2/c1-8(7-23-3)20-14(18-2)19-6-11(22)21-10-5-4-9(15)12(16)13(10)17/h4-5,8H,6-7H2,1-3H3,(H,21,22)(H2,18,19,20). The Balaban J connectivity index is 2.55. The summed E-state index contributed by atoms with van der Waals surface area (Å²) < 4.78 is 44.3. The van der Waals surface area contributed by atoms with Crippen LogP contribution >= 0.6 is 0 Å². The van der Waals surface area contributed by atoms with Crippen molar-refractivity contribution in [2.24, 2.45) is 4.99 Å². The quantitative estimate of drug-likeness (QED) is 0.416. The second-order valence-corrected chi connectivity index (χ2v) is 4.70. The topological polar surface area (TPSA) is 74.8 Å². The number of nitrogens with zero attached hydrogens (tertiary/aromatic N) is 1. The maximum absolute atomic E-state index is 13.4. The van der Waals surface area contributed by atoms with Crippen LogP contribution < -0.4 is 16.0 Å². The molecule has 1 atom stereocenters. The minimum atomic E-state index is -1.64. The maximum atomic E-state index is 13.4. The van der Waals surface area contributed by atoms with Crippen molar-refractivity contribution in [2.75, 3.05) is 32.6 Å². The number of halogens is 3. The molecule has 0 spiro atoms. The molecule has 9 heteroatoms. The van der Waals surface area contributed by atoms with Crippen LogP contribution in [0.1, 0.15) is 6.92 Å². The number of methoxy groups -OCH3 is 1. The largest absolute Gasteiger partial charge is 0.383 e. The molecule has 0 fully saturated rings. The van der Waals surface area contributed by atoms with Gasteiger partial charge in [-0.05, 0) is 19.1 Å². The lowest BCUT2D eigenvalue weighted by molar-refractivity contribution is -0.115. The zero-order valence-electron chi connectivity index (χ0n) is 13.0. The summed E-state index contributed by atoms with van der Waals surface area (Å²) in [5, 5.41) is 7.82. The van der Waals surface area contributed by atoms with E-state index in [1.165, 1.54) is 7.05 Å². The molecule has 0 saturated heterocycles. The van der Waals surface area contributed by atoms with Gasteiger partial charge >= 0.3 is 0 Å². The van der Waals surface area contributed by atoms with E-state index in [1.54, 1.807) is 7.11 Å². The average molecular weight is 332 g/mol. The van der Waals surface area contributed by atoms with Crippen LogP contribution in [-0.2, 0) is 9.53 Å². The summed E-state index contributed by atoms with van der Waals surface area (Å²) in [6.07, 6.45) is 0. The lowest BCUT2D eigenvalue weighted by Crippen LogP contribution is -2.46. The number of amides is 1. The molecule has 0 aliphatic rings. The summed E-state index contributed by atoms with van der Waals surface area (Å²) in [5.41, 5.74) is -0.439. The lowest BCUT2D eigenvalue weighted by atomic mass is 10.2. The van der Waals surface area contributed by atoms with E-state index in [-0.39, 0.29) is 12.6 Å². The number of carbonyl (C=O) groups excluding carboxylic acids is 1. The van der Waals surface area contributed by atoms with Crippen LogP contribution in [0.15, 0.2) is 17.1 Å². The Morgan fingerprint density at radius 2 is 2.00 bits per heavy atom. The number of rotatable bonds is 6. The van der Waals surface area contributed by atoms with E-state index in [0.717, 1.165) is 12.1 Å². The van der Waals surface area contributed by atoms with Crippen LogP contribution in [0.25, 0.3) is 0 Å². The third-order valence-corrected chi connectivity index (χ3v) is 2.75. The van der Waals surface area contributed by atoms with Gasteiger partial charge in [0.15, 0.2) is 23.4 Å². The van der Waals surface area contributed by atoms with Gasteiger partial charge in [0.2, 0.25) is 5.91 Å². The molecule has 0 heterocycles. The number of guanidine groups is 1. The molecular formula is C14H19F3N4O2. The summed E-state index contributed by atoms with van der Waals surface area (Å²) in [6, 6.07) is 1.63. The molecule has 1 amide bonds. The van der Waals surface area contributed by atoms with Gasteiger partial charge in [-0.15, -0.1) is 0 Å². The van der Waals surface area contributed by atoms with Crippen molar-refractivity contribution >= 4 is 17.6 Å². The van der Waals surface area contributed by atoms with E-state index in [9.17, 15) is 18.0 Å². The number of ether oxygens (including phenoxy) is 1. The Hall–Kier alpha value is -2.29. The van der Waals surface area contributed by atoms with Crippen molar-refractivity contribution in [2.45, 2.75) is 13.0 Å². The van der Waals surface area contributed by atoms with Crippen molar-refractivity contribution in [3.05, 3.63) is 29.6 Å². The first-order valence-electron chi connectivity index (χ1n) is 6.78. The summed E-state index contributed by atoms with van der Waals surface area (Å²) in [7, 11) is 3.07. The maximum Gasteiger partial charge on any atom is 0.243 e. The number of hydrogen-bond acceptors (Lipinski definition) is 3. The van der Waals surface area contributed by atoms with Gasteiger partial charge in [-0.25, -0.2) is 13.2 Å². The van der Waals surface area contributed by atoms with E-state index in [4.69, 9.17) is 4.74 Å². The van der Waals surface area contributed by atoms with Crippen LogP contribution in [0, 0.1) is 17.5 Å². The molecule has 0 aromatic heterocycles. The van der Waals surface area contributed by atoms with Gasteiger partial charge in [0.1, 0.15) is 0 Å². The molecule has 1 aromatic rings. The predicted molar refractivity (Wildman–Crippen MR) is 80.8 cm³/mol. The molecule has 1 aromatic carbocycles. The molecule has 0 bridgehead atoms. The van der Waals surface area contributed by atoms with Crippen molar-refractivity contribution in [3.8, 4) is 0 Å². The minimum Gasteiger partial charge on any atom is -0.383 e. The van der Waals surface area contributed by atoms with E-state index in [0.29, 0.717) is 12.6 Å². The van der Waals surface area contributed by atoms with Gasteiger partial charge < -0.3 is 20.7 Å². The molecular weight excluding hydrogens is 313 g/mol. The van der Waals surface area contributed by atoms with E-state index in [2.05, 4.69) is 20.9 Å². The second-order valence-electron chi connectivity index (χ2n) is 4.70. The van der Waals surface area contributed by atoms with Gasteiger partial charge in [-0.1, -0.05) is 0 Å². The number of anilines is 1. The van der Waals surface area contributed by atoms with Crippen LogP contribution in [0.5, 0.6) is 0 Å². The van der Waals surface area contributed by atoms with Gasteiger partial charge in [0, 0.05) is 20.2 Å². The highest BCUT2D eigenvalue weighted by Gasteiger charge is 2.15. The summed E-state index contributed by atoms with van der Waals surface area (Å²) in [6.45, 7) is 2.05. The van der Waals surface area contributed by atoms with Crippen molar-refractivity contribution in [1.29, 1.82) is 0 Å². The number of aliphatic imine (C=N–C) groups is 1. The van der Waals surface area contributed by atoms with Crippen LogP contribution in [0.2, 0.25) is 0 Å². The zero-order chi connectivity index (χ0) is 17.4. The molecule has 0 aliphatic carbocycles. The SMILES string of the molecule is CN=C(NCC(=O)Nc1ccc(F)c(F)c1F)NC(C)COC. The van der Waals surface area contributed by atoms with E-state index < -0.39 is 29.0 Å². The molecule has 1 rings (SSSR count). The molecule has 128 valence electrons. The normalized spacial score (nSPS) is 12.7. The summed E-state index contributed by atoms with van der Waals surface area (Å²) >= 11 is 0. The van der Waals surface area contributed by atoms with Crippen LogP contribution in [0.3, 0.4) is 0 Å². The minimum absolute atomic E-state index is 0.0436. The predicted octanol–water partition coefficient (Wildman–Crippen LogP) is 1.24. The Kier molecular flexibility index (Phi) is 7.33. The average Bonchev–Trinajstić information content (AvgIpc) is 2.52. The van der Waals surface area contributed by atoms with Gasteiger partial charge in [-0.2, -0.15) is 0 Å². The Morgan fingerprint density at radius 3 is 2.61 bits per heavy atom. The van der Waals surface area contributed by atoms with Crippen LogP contribution in [-0.4, -0.2) is 45.2 Å². The molecule has 0 radical (unpaired) electrons. The van der Waals surface area contributed by atoms with Gasteiger partial charge in [0.05, 0.1) is 18.8 Å². The highest BCUT2D eigenvalue weighted by Crippen LogP contribution is 2.19. The Labute approximate surface area is 132 Å². The highest BCUT2D eigenvalue weighted by atomic mass is 19.2. The summed E-state index contributed by atoms with van der Waals surface area (Å²) in [4.78, 5) is 15.6. The first-order valence-corrected chi connectivity index (χ1v) is 6.78. The smallest absolute Gasteiger partial charge is 0.243 e. The monoisotopic (exact) mass is 332 g/mol. The third-order valence-electron chi connectivity index (χ3n) is 2.75. The lowest BCUT2D eigenvalue weighted by Gasteiger charge is -2.17. The van der Waals surface area contributed by atoms with Gasteiger partial charge in [0.25, 0.3) is 0 Å². The fourth-order valence-electron chi connectivity index (χ4n) is 1.70. The number of hydrogen-bond donors (Lipinski definition) is 3. The van der Waals surface area contributed by atoms with Gasteiger partial charge in [-0.3, -0.25) is 9.79 Å². The van der Waals surface area contributed by atoms with Crippen molar-refractivity contribution in [1.82, 2.24) is 10.6 Å². The fraction of sp³-hybridized carbons (Fsp3) is 0.429. The molecule has 1 unspecified atom stereocenters. The first kappa shape index (κ1) is 18.8. The molecule has 3 N–H and O–H groups in total. The van der Waals surface area contributed by atoms with Crippen molar-refractivity contribution in [3.63, 3.8) is 0 Å². The number of nitrogens with one attached hydrogen (secondary N) is 3. The molecule has 23 heavy (non-hydrogen) atoms. The summed E-state index contributed by atoms with van der Waals surface area (Å²) in [5.74, 6) is -4.71. The van der Waals surface area contributed by atoms with Crippen LogP contribution in [0.4, 0.5) is 18.9 Å². The van der Waals surface area contributed by atoms with E-state index >= 15 is 0 Å². The number of carbonyl (C=O) groups is 1. The zero-order valence-corrected chi connectivity index (χ0v) is 13.0. The second kappa shape index (κ2) is 8.99. The number of benzene rings is 1. The molecule has 0 saturated carbocycles. The highest BCUT2D eigenvalue weighted by molar-refractivity contribution is 5.95. The molecule has 6 nitrogen and oxygen atoms in total. The fourth-order valence-corrected chi connectivity index (χ4v) is 1.70. The van der Waals surface area contributed by atoms with Crippen molar-refractivity contribution < 1.29 is 22.7 Å². The molecule has 0 aliphatic heterocycles. The third kappa shape index (κ3) is 5.78. The first-order chi connectivity index (χ1) is 10.9. The van der Waals surface area contributed by atoms with E-state index in [1.807, 2.05) is 6.92 Å². The Bertz CT molecular complexity index is 581. The Morgan fingerprint density at radius 1 is 1.30 bits per heavy atom.